The Morgan fingerprint density at radius 3 is 2.56 bits per heavy atom. The smallest absolute Gasteiger partial charge is 0.358 e. The Bertz CT molecular complexity index is 591. The maximum absolute atomic E-state index is 11.7. The van der Waals surface area contributed by atoms with Gasteiger partial charge in [-0.05, 0) is 30.6 Å². The predicted molar refractivity (Wildman–Crippen MR) is 63.0 cm³/mol. The van der Waals surface area contributed by atoms with Crippen molar-refractivity contribution >= 4 is 23.5 Å². The second-order valence-corrected chi connectivity index (χ2v) is 4.21. The zero-order valence-electron chi connectivity index (χ0n) is 9.28. The number of carboxylic acids is 1. The van der Waals surface area contributed by atoms with Gasteiger partial charge in [-0.3, -0.25) is 0 Å². The standard InChI is InChI=1S/C11H8N2O4S/c1-6-2-4-7(5-3-6)17-11(16)9-8(10(14)15)12-13-18-9/h2-5H,1H3,(H,14,15). The number of ether oxygens (including phenoxy) is 1. The summed E-state index contributed by atoms with van der Waals surface area (Å²) in [7, 11) is 0. The van der Waals surface area contributed by atoms with Gasteiger partial charge in [0.1, 0.15) is 5.75 Å². The van der Waals surface area contributed by atoms with Gasteiger partial charge in [0.05, 0.1) is 0 Å². The van der Waals surface area contributed by atoms with Crippen molar-refractivity contribution in [3.8, 4) is 5.75 Å². The fourth-order valence-electron chi connectivity index (χ4n) is 1.22. The van der Waals surface area contributed by atoms with Crippen molar-refractivity contribution in [2.75, 3.05) is 0 Å². The first-order chi connectivity index (χ1) is 8.58. The Morgan fingerprint density at radius 1 is 1.28 bits per heavy atom. The topological polar surface area (TPSA) is 89.4 Å². The summed E-state index contributed by atoms with van der Waals surface area (Å²) in [5.41, 5.74) is 0.637. The average Bonchev–Trinajstić information content (AvgIpc) is 2.81. The summed E-state index contributed by atoms with van der Waals surface area (Å²) in [5, 5.41) is 12.2. The summed E-state index contributed by atoms with van der Waals surface area (Å²) in [6, 6.07) is 6.82. The van der Waals surface area contributed by atoms with Gasteiger partial charge in [-0.1, -0.05) is 22.2 Å². The van der Waals surface area contributed by atoms with E-state index in [1.807, 2.05) is 6.92 Å². The van der Waals surface area contributed by atoms with Crippen molar-refractivity contribution in [1.29, 1.82) is 0 Å². The quantitative estimate of drug-likeness (QED) is 0.671. The molecule has 0 fully saturated rings. The Morgan fingerprint density at radius 2 is 1.94 bits per heavy atom. The summed E-state index contributed by atoms with van der Waals surface area (Å²) >= 11 is 0.692. The van der Waals surface area contributed by atoms with Gasteiger partial charge in [-0.15, -0.1) is 5.10 Å². The van der Waals surface area contributed by atoms with Crippen LogP contribution in [0.3, 0.4) is 0 Å². The maximum Gasteiger partial charge on any atom is 0.358 e. The first kappa shape index (κ1) is 12.2. The number of carbonyl (C=O) groups excluding carboxylic acids is 1. The van der Waals surface area contributed by atoms with Crippen molar-refractivity contribution in [2.45, 2.75) is 6.92 Å². The molecule has 6 nitrogen and oxygen atoms in total. The van der Waals surface area contributed by atoms with Gasteiger partial charge < -0.3 is 9.84 Å². The van der Waals surface area contributed by atoms with Gasteiger partial charge in [0.2, 0.25) is 0 Å². The van der Waals surface area contributed by atoms with Crippen LogP contribution in [-0.4, -0.2) is 26.6 Å². The highest BCUT2D eigenvalue weighted by Gasteiger charge is 2.23. The number of benzene rings is 1. The minimum atomic E-state index is -1.31. The van der Waals surface area contributed by atoms with Crippen LogP contribution in [0.1, 0.15) is 25.7 Å². The van der Waals surface area contributed by atoms with E-state index in [1.54, 1.807) is 24.3 Å². The summed E-state index contributed by atoms with van der Waals surface area (Å²) in [4.78, 5) is 22.4. The van der Waals surface area contributed by atoms with Gasteiger partial charge in [0.25, 0.3) is 0 Å². The molecule has 2 rings (SSSR count). The summed E-state index contributed by atoms with van der Waals surface area (Å²) in [5.74, 6) is -1.74. The maximum atomic E-state index is 11.7. The van der Waals surface area contributed by atoms with E-state index < -0.39 is 17.6 Å². The largest absolute Gasteiger partial charge is 0.476 e. The number of carboxylic acid groups (broad SMARTS) is 1. The van der Waals surface area contributed by atoms with E-state index in [4.69, 9.17) is 9.84 Å². The second kappa shape index (κ2) is 4.92. The molecule has 92 valence electrons. The molecule has 0 radical (unpaired) electrons. The van der Waals surface area contributed by atoms with E-state index >= 15 is 0 Å². The second-order valence-electron chi connectivity index (χ2n) is 3.46. The highest BCUT2D eigenvalue weighted by molar-refractivity contribution is 7.08. The fraction of sp³-hybridized carbons (Fsp3) is 0.0909. The Labute approximate surface area is 106 Å². The minimum absolute atomic E-state index is 0.122. The number of hydrogen-bond acceptors (Lipinski definition) is 6. The van der Waals surface area contributed by atoms with Gasteiger partial charge in [0.15, 0.2) is 10.6 Å². The minimum Gasteiger partial charge on any atom is -0.476 e. The molecule has 0 unspecified atom stereocenters. The molecule has 0 spiro atoms. The number of aromatic nitrogens is 2. The van der Waals surface area contributed by atoms with Crippen LogP contribution in [0, 0.1) is 6.92 Å². The molecule has 1 heterocycles. The third-order valence-electron chi connectivity index (χ3n) is 2.11. The van der Waals surface area contributed by atoms with Crippen LogP contribution in [-0.2, 0) is 0 Å². The molecule has 7 heteroatoms. The monoisotopic (exact) mass is 264 g/mol. The van der Waals surface area contributed by atoms with Crippen LogP contribution in [0.25, 0.3) is 0 Å². The number of nitrogens with zero attached hydrogens (tertiary/aromatic N) is 2. The number of aromatic carboxylic acids is 1. The van der Waals surface area contributed by atoms with E-state index in [1.165, 1.54) is 0 Å². The van der Waals surface area contributed by atoms with Crippen molar-refractivity contribution < 1.29 is 19.4 Å². The molecule has 0 bridgehead atoms. The van der Waals surface area contributed by atoms with E-state index in [0.717, 1.165) is 5.56 Å². The molecule has 0 atom stereocenters. The van der Waals surface area contributed by atoms with Crippen molar-refractivity contribution in [1.82, 2.24) is 9.59 Å². The molecule has 1 aromatic carbocycles. The van der Waals surface area contributed by atoms with E-state index in [0.29, 0.717) is 17.3 Å². The van der Waals surface area contributed by atoms with Crippen LogP contribution in [0.15, 0.2) is 24.3 Å². The zero-order valence-corrected chi connectivity index (χ0v) is 10.1. The molecule has 0 aliphatic rings. The van der Waals surface area contributed by atoms with Crippen molar-refractivity contribution in [3.63, 3.8) is 0 Å². The zero-order chi connectivity index (χ0) is 13.1. The Kier molecular flexibility index (Phi) is 3.33. The fourth-order valence-corrected chi connectivity index (χ4v) is 1.76. The molecule has 1 N–H and O–H groups in total. The van der Waals surface area contributed by atoms with E-state index in [9.17, 15) is 9.59 Å². The number of hydrogen-bond donors (Lipinski definition) is 1. The molecule has 0 saturated carbocycles. The first-order valence-corrected chi connectivity index (χ1v) is 5.70. The molecule has 1 aromatic heterocycles. The number of rotatable bonds is 3. The van der Waals surface area contributed by atoms with Crippen LogP contribution in [0.2, 0.25) is 0 Å². The van der Waals surface area contributed by atoms with Crippen LogP contribution in [0.4, 0.5) is 0 Å². The van der Waals surface area contributed by atoms with Gasteiger partial charge in [-0.25, -0.2) is 9.59 Å². The number of carbonyl (C=O) groups is 2. The summed E-state index contributed by atoms with van der Waals surface area (Å²) in [6.07, 6.45) is 0. The Hall–Kier alpha value is -2.28. The molecule has 0 amide bonds. The predicted octanol–water partition coefficient (Wildman–Crippen LogP) is 1.76. The van der Waals surface area contributed by atoms with E-state index in [-0.39, 0.29) is 4.88 Å². The SMILES string of the molecule is Cc1ccc(OC(=O)c2snnc2C(=O)O)cc1. The van der Waals surface area contributed by atoms with Crippen LogP contribution in [0.5, 0.6) is 5.75 Å². The lowest BCUT2D eigenvalue weighted by atomic mass is 10.2. The normalized spacial score (nSPS) is 10.1. The lowest BCUT2D eigenvalue weighted by molar-refractivity contribution is 0.0665. The number of esters is 1. The Balaban J connectivity index is 2.19. The highest BCUT2D eigenvalue weighted by atomic mass is 32.1. The van der Waals surface area contributed by atoms with Crippen molar-refractivity contribution in [3.05, 3.63) is 40.4 Å². The van der Waals surface area contributed by atoms with Gasteiger partial charge in [-0.2, -0.15) is 0 Å². The molecule has 18 heavy (non-hydrogen) atoms. The van der Waals surface area contributed by atoms with Crippen LogP contribution < -0.4 is 4.74 Å². The summed E-state index contributed by atoms with van der Waals surface area (Å²) in [6.45, 7) is 1.90. The number of aryl methyl sites for hydroxylation is 1. The molecular weight excluding hydrogens is 256 g/mol. The first-order valence-electron chi connectivity index (χ1n) is 4.92. The average molecular weight is 264 g/mol. The van der Waals surface area contributed by atoms with Gasteiger partial charge >= 0.3 is 11.9 Å². The molecule has 2 aromatic rings. The van der Waals surface area contributed by atoms with Crippen LogP contribution >= 0.6 is 11.5 Å². The highest BCUT2D eigenvalue weighted by Crippen LogP contribution is 2.17. The summed E-state index contributed by atoms with van der Waals surface area (Å²) < 4.78 is 8.46. The molecule has 0 aliphatic heterocycles. The molecule has 0 aliphatic carbocycles. The lowest BCUT2D eigenvalue weighted by Crippen LogP contribution is -2.12. The molecular formula is C11H8N2O4S. The third kappa shape index (κ3) is 2.51. The third-order valence-corrected chi connectivity index (χ3v) is 2.81. The molecule has 0 saturated heterocycles. The van der Waals surface area contributed by atoms with Crippen molar-refractivity contribution in [2.24, 2.45) is 0 Å². The van der Waals surface area contributed by atoms with Gasteiger partial charge in [0, 0.05) is 0 Å². The lowest BCUT2D eigenvalue weighted by Gasteiger charge is -2.02. The van der Waals surface area contributed by atoms with E-state index in [2.05, 4.69) is 9.59 Å².